The largest absolute Gasteiger partial charge is 0.508 e. The van der Waals surface area contributed by atoms with Crippen molar-refractivity contribution in [2.75, 3.05) is 5.32 Å². The van der Waals surface area contributed by atoms with E-state index in [1.165, 1.54) is 24.3 Å². The van der Waals surface area contributed by atoms with Crippen LogP contribution in [-0.4, -0.2) is 11.0 Å². The molecule has 0 heterocycles. The van der Waals surface area contributed by atoms with Gasteiger partial charge >= 0.3 is 6.18 Å². The van der Waals surface area contributed by atoms with Gasteiger partial charge in [0.2, 0.25) is 0 Å². The lowest BCUT2D eigenvalue weighted by molar-refractivity contribution is -0.137. The second kappa shape index (κ2) is 5.47. The van der Waals surface area contributed by atoms with E-state index in [1.807, 2.05) is 0 Å². The molecule has 2 aromatic carbocycles. The maximum absolute atomic E-state index is 12.6. The second-order valence-electron chi connectivity index (χ2n) is 4.48. The highest BCUT2D eigenvalue weighted by atomic mass is 19.4. The minimum absolute atomic E-state index is 0.00292. The summed E-state index contributed by atoms with van der Waals surface area (Å²) in [5.41, 5.74) is -0.203. The summed E-state index contributed by atoms with van der Waals surface area (Å²) >= 11 is 0. The van der Waals surface area contributed by atoms with E-state index in [-0.39, 0.29) is 11.3 Å². The number of phenols is 1. The summed E-state index contributed by atoms with van der Waals surface area (Å²) in [5, 5.41) is 12.0. The zero-order valence-corrected chi connectivity index (χ0v) is 11.0. The Morgan fingerprint density at radius 1 is 1.14 bits per heavy atom. The molecule has 0 aliphatic rings. The molecule has 1 amide bonds. The van der Waals surface area contributed by atoms with Crippen molar-refractivity contribution >= 4 is 11.6 Å². The molecule has 0 spiro atoms. The second-order valence-corrected chi connectivity index (χ2v) is 4.48. The molecule has 0 saturated heterocycles. The standard InChI is InChI=1S/C15H12F3NO2/c1-9-12(6-3-7-13(9)20)19-14(21)10-4-2-5-11(8-10)15(16,17)18/h2-8,20H,1H3,(H,19,21). The van der Waals surface area contributed by atoms with Crippen LogP contribution in [0.25, 0.3) is 0 Å². The van der Waals surface area contributed by atoms with Crippen molar-refractivity contribution in [3.63, 3.8) is 0 Å². The number of anilines is 1. The highest BCUT2D eigenvalue weighted by Crippen LogP contribution is 2.30. The number of phenolic OH excluding ortho intramolecular Hbond substituents is 1. The number of aromatic hydroxyl groups is 1. The lowest BCUT2D eigenvalue weighted by atomic mass is 10.1. The van der Waals surface area contributed by atoms with Gasteiger partial charge in [-0.2, -0.15) is 13.2 Å². The number of amides is 1. The third kappa shape index (κ3) is 3.34. The third-order valence-corrected chi connectivity index (χ3v) is 3.01. The van der Waals surface area contributed by atoms with Gasteiger partial charge < -0.3 is 10.4 Å². The van der Waals surface area contributed by atoms with Gasteiger partial charge in [0.25, 0.3) is 5.91 Å². The predicted molar refractivity (Wildman–Crippen MR) is 72.2 cm³/mol. The predicted octanol–water partition coefficient (Wildman–Crippen LogP) is 3.97. The first-order valence-corrected chi connectivity index (χ1v) is 6.06. The molecular formula is C15H12F3NO2. The van der Waals surface area contributed by atoms with Gasteiger partial charge in [-0.15, -0.1) is 0 Å². The van der Waals surface area contributed by atoms with Crippen LogP contribution in [0.3, 0.4) is 0 Å². The molecule has 6 heteroatoms. The molecule has 2 N–H and O–H groups in total. The highest BCUT2D eigenvalue weighted by Gasteiger charge is 2.30. The van der Waals surface area contributed by atoms with Crippen LogP contribution in [0.15, 0.2) is 42.5 Å². The SMILES string of the molecule is Cc1c(O)cccc1NC(=O)c1cccc(C(F)(F)F)c1. The molecule has 110 valence electrons. The number of carbonyl (C=O) groups is 1. The molecule has 3 nitrogen and oxygen atoms in total. The Morgan fingerprint density at radius 2 is 1.81 bits per heavy atom. The number of carbonyl (C=O) groups excluding carboxylic acids is 1. The summed E-state index contributed by atoms with van der Waals surface area (Å²) in [5.74, 6) is -0.674. The monoisotopic (exact) mass is 295 g/mol. The fourth-order valence-electron chi connectivity index (χ4n) is 1.79. The fourth-order valence-corrected chi connectivity index (χ4v) is 1.79. The third-order valence-electron chi connectivity index (χ3n) is 3.01. The molecule has 0 radical (unpaired) electrons. The molecule has 0 fully saturated rings. The summed E-state index contributed by atoms with van der Waals surface area (Å²) < 4.78 is 37.8. The Balaban J connectivity index is 2.27. The number of benzene rings is 2. The van der Waals surface area contributed by atoms with Gasteiger partial charge in [0.15, 0.2) is 0 Å². The van der Waals surface area contributed by atoms with E-state index in [1.54, 1.807) is 13.0 Å². The molecule has 0 aromatic heterocycles. The van der Waals surface area contributed by atoms with Gasteiger partial charge in [-0.05, 0) is 37.3 Å². The van der Waals surface area contributed by atoms with Gasteiger partial charge in [-0.25, -0.2) is 0 Å². The lowest BCUT2D eigenvalue weighted by Gasteiger charge is -2.11. The molecular weight excluding hydrogens is 283 g/mol. The number of hydrogen-bond donors (Lipinski definition) is 2. The topological polar surface area (TPSA) is 49.3 Å². The molecule has 0 aliphatic heterocycles. The molecule has 21 heavy (non-hydrogen) atoms. The Kier molecular flexibility index (Phi) is 3.88. The smallest absolute Gasteiger partial charge is 0.416 e. The number of alkyl halides is 3. The maximum Gasteiger partial charge on any atom is 0.416 e. The van der Waals surface area contributed by atoms with Crippen LogP contribution in [0, 0.1) is 6.92 Å². The number of nitrogens with one attached hydrogen (secondary N) is 1. The molecule has 0 unspecified atom stereocenters. The van der Waals surface area contributed by atoms with Gasteiger partial charge in [0.1, 0.15) is 5.75 Å². The average molecular weight is 295 g/mol. The van der Waals surface area contributed by atoms with Crippen LogP contribution in [0.5, 0.6) is 5.75 Å². The minimum atomic E-state index is -4.50. The number of hydrogen-bond acceptors (Lipinski definition) is 2. The first-order chi connectivity index (χ1) is 9.79. The summed E-state index contributed by atoms with van der Waals surface area (Å²) in [6.07, 6.45) is -4.50. The maximum atomic E-state index is 12.6. The quantitative estimate of drug-likeness (QED) is 0.880. The summed E-state index contributed by atoms with van der Waals surface area (Å²) in [4.78, 5) is 12.0. The van der Waals surface area contributed by atoms with E-state index >= 15 is 0 Å². The van der Waals surface area contributed by atoms with Crippen LogP contribution >= 0.6 is 0 Å². The molecule has 2 aromatic rings. The Morgan fingerprint density at radius 3 is 2.48 bits per heavy atom. The molecule has 0 saturated carbocycles. The molecule has 0 aliphatic carbocycles. The van der Waals surface area contributed by atoms with Crippen molar-refractivity contribution in [1.82, 2.24) is 0 Å². The van der Waals surface area contributed by atoms with Crippen molar-refractivity contribution in [3.05, 3.63) is 59.2 Å². The summed E-state index contributed by atoms with van der Waals surface area (Å²) in [7, 11) is 0. The van der Waals surface area contributed by atoms with Crippen molar-refractivity contribution in [2.24, 2.45) is 0 Å². The van der Waals surface area contributed by atoms with Crippen LogP contribution in [0.1, 0.15) is 21.5 Å². The van der Waals surface area contributed by atoms with Crippen molar-refractivity contribution in [2.45, 2.75) is 13.1 Å². The molecule has 0 atom stereocenters. The van der Waals surface area contributed by atoms with Crippen molar-refractivity contribution in [1.29, 1.82) is 0 Å². The van der Waals surface area contributed by atoms with Crippen LogP contribution in [0.2, 0.25) is 0 Å². The first-order valence-electron chi connectivity index (χ1n) is 6.06. The van der Waals surface area contributed by atoms with Crippen LogP contribution < -0.4 is 5.32 Å². The van der Waals surface area contributed by atoms with E-state index in [2.05, 4.69) is 5.32 Å². The van der Waals surface area contributed by atoms with Gasteiger partial charge in [0.05, 0.1) is 5.56 Å². The van der Waals surface area contributed by atoms with E-state index in [9.17, 15) is 23.1 Å². The Hall–Kier alpha value is -2.50. The van der Waals surface area contributed by atoms with E-state index in [0.717, 1.165) is 12.1 Å². The number of rotatable bonds is 2. The van der Waals surface area contributed by atoms with E-state index in [4.69, 9.17) is 0 Å². The van der Waals surface area contributed by atoms with Crippen molar-refractivity contribution in [3.8, 4) is 5.75 Å². The normalized spacial score (nSPS) is 11.2. The Bertz CT molecular complexity index is 681. The van der Waals surface area contributed by atoms with E-state index < -0.39 is 17.6 Å². The fraction of sp³-hybridized carbons (Fsp3) is 0.133. The van der Waals surface area contributed by atoms with Crippen LogP contribution in [0.4, 0.5) is 18.9 Å². The summed E-state index contributed by atoms with van der Waals surface area (Å²) in [6, 6.07) is 8.69. The van der Waals surface area contributed by atoms with Crippen molar-refractivity contribution < 1.29 is 23.1 Å². The summed E-state index contributed by atoms with van der Waals surface area (Å²) in [6.45, 7) is 1.59. The zero-order chi connectivity index (χ0) is 15.6. The van der Waals surface area contributed by atoms with Gasteiger partial charge in [-0.3, -0.25) is 4.79 Å². The van der Waals surface area contributed by atoms with E-state index in [0.29, 0.717) is 11.3 Å². The van der Waals surface area contributed by atoms with Gasteiger partial charge in [-0.1, -0.05) is 12.1 Å². The van der Waals surface area contributed by atoms with Crippen LogP contribution in [-0.2, 0) is 6.18 Å². The molecule has 2 rings (SSSR count). The molecule has 0 bridgehead atoms. The zero-order valence-electron chi connectivity index (χ0n) is 11.0. The van der Waals surface area contributed by atoms with Gasteiger partial charge in [0, 0.05) is 16.8 Å². The Labute approximate surface area is 119 Å². The minimum Gasteiger partial charge on any atom is -0.508 e. The first kappa shape index (κ1) is 14.9. The average Bonchev–Trinajstić information content (AvgIpc) is 2.43. The lowest BCUT2D eigenvalue weighted by Crippen LogP contribution is -2.14. The number of halogens is 3. The highest BCUT2D eigenvalue weighted by molar-refractivity contribution is 6.04.